The third kappa shape index (κ3) is 4.89. The first-order valence-corrected chi connectivity index (χ1v) is 11.5. The van der Waals surface area contributed by atoms with Gasteiger partial charge in [-0.15, -0.1) is 10.2 Å². The molecule has 168 valence electrons. The number of carbonyl (C=O) groups excluding carboxylic acids is 1. The van der Waals surface area contributed by atoms with Gasteiger partial charge in [-0.2, -0.15) is 0 Å². The Bertz CT molecular complexity index is 1250. The summed E-state index contributed by atoms with van der Waals surface area (Å²) in [6.45, 7) is 2.72. The molecule has 1 fully saturated rings. The Kier molecular flexibility index (Phi) is 6.43. The van der Waals surface area contributed by atoms with Gasteiger partial charge in [-0.25, -0.2) is 0 Å². The van der Waals surface area contributed by atoms with Crippen molar-refractivity contribution in [2.24, 2.45) is 0 Å². The minimum atomic E-state index is 0.0558. The normalized spacial score (nSPS) is 14.2. The predicted molar refractivity (Wildman–Crippen MR) is 137 cm³/mol. The molecule has 5 nitrogen and oxygen atoms in total. The summed E-state index contributed by atoms with van der Waals surface area (Å²) in [7, 11) is 0. The fraction of sp³-hybridized carbons (Fsp3) is 0.138. The summed E-state index contributed by atoms with van der Waals surface area (Å²) in [5.74, 6) is 0.898. The van der Waals surface area contributed by atoms with Gasteiger partial charge < -0.3 is 9.80 Å². The van der Waals surface area contributed by atoms with Crippen LogP contribution in [0.3, 0.4) is 0 Å². The van der Waals surface area contributed by atoms with Crippen LogP contribution in [-0.4, -0.2) is 47.2 Å². The molecule has 5 heteroatoms. The molecule has 1 aliphatic rings. The fourth-order valence-corrected chi connectivity index (χ4v) is 4.17. The van der Waals surface area contributed by atoms with Crippen molar-refractivity contribution in [1.29, 1.82) is 0 Å². The average Bonchev–Trinajstić information content (AvgIpc) is 2.93. The van der Waals surface area contributed by atoms with Crippen LogP contribution in [0.25, 0.3) is 22.9 Å². The molecule has 0 radical (unpaired) electrons. The van der Waals surface area contributed by atoms with E-state index < -0.39 is 0 Å². The molecule has 0 atom stereocenters. The minimum absolute atomic E-state index is 0.0558. The number of rotatable bonds is 5. The van der Waals surface area contributed by atoms with Gasteiger partial charge in [0.2, 0.25) is 0 Å². The zero-order valence-corrected chi connectivity index (χ0v) is 18.9. The summed E-state index contributed by atoms with van der Waals surface area (Å²) in [4.78, 5) is 17.7. The zero-order chi connectivity index (χ0) is 23.2. The van der Waals surface area contributed by atoms with Gasteiger partial charge >= 0.3 is 0 Å². The molecule has 0 saturated carbocycles. The third-order valence-corrected chi connectivity index (χ3v) is 6.04. The Morgan fingerprint density at radius 1 is 0.676 bits per heavy atom. The van der Waals surface area contributed by atoms with Gasteiger partial charge in [0, 0.05) is 37.3 Å². The quantitative estimate of drug-likeness (QED) is 0.319. The van der Waals surface area contributed by atoms with Crippen molar-refractivity contribution in [1.82, 2.24) is 15.1 Å². The van der Waals surface area contributed by atoms with Crippen molar-refractivity contribution in [2.45, 2.75) is 0 Å². The molecule has 0 N–H and O–H groups in total. The fourth-order valence-electron chi connectivity index (χ4n) is 4.17. The van der Waals surface area contributed by atoms with Crippen LogP contribution in [0, 0.1) is 0 Å². The van der Waals surface area contributed by atoms with E-state index in [-0.39, 0.29) is 5.91 Å². The number of amides is 1. The maximum atomic E-state index is 13.6. The van der Waals surface area contributed by atoms with Crippen molar-refractivity contribution in [3.63, 3.8) is 0 Å². The first-order valence-electron chi connectivity index (χ1n) is 11.5. The van der Waals surface area contributed by atoms with Crippen molar-refractivity contribution < 1.29 is 4.79 Å². The Morgan fingerprint density at radius 2 is 1.29 bits per heavy atom. The smallest absolute Gasteiger partial charge is 0.254 e. The van der Waals surface area contributed by atoms with E-state index in [0.717, 1.165) is 41.3 Å². The highest BCUT2D eigenvalue weighted by Crippen LogP contribution is 2.23. The van der Waals surface area contributed by atoms with Crippen LogP contribution < -0.4 is 4.90 Å². The summed E-state index contributed by atoms with van der Waals surface area (Å²) in [6, 6.07) is 34.0. The number of nitrogens with zero attached hydrogens (tertiary/aromatic N) is 4. The number of aromatic nitrogens is 2. The Hall–Kier alpha value is -4.25. The second-order valence-electron chi connectivity index (χ2n) is 8.26. The van der Waals surface area contributed by atoms with Gasteiger partial charge in [-0.05, 0) is 29.3 Å². The second kappa shape index (κ2) is 10.1. The molecule has 1 amide bonds. The van der Waals surface area contributed by atoms with Gasteiger partial charge in [-0.3, -0.25) is 4.79 Å². The standard InChI is InChI=1S/C29H26N4O/c34-29(26(24-12-6-2-7-13-24)22-23-10-4-1-5-11-23)33-20-18-32(19-21-33)28-17-16-27(30-31-28)25-14-8-3-9-15-25/h1-17,22H,18-21H2/b26-22-. The lowest BCUT2D eigenvalue weighted by molar-refractivity contribution is -0.125. The molecule has 1 saturated heterocycles. The summed E-state index contributed by atoms with van der Waals surface area (Å²) in [5, 5.41) is 8.86. The topological polar surface area (TPSA) is 49.3 Å². The molecule has 0 spiro atoms. The number of hydrogen-bond acceptors (Lipinski definition) is 4. The van der Waals surface area contributed by atoms with Crippen molar-refractivity contribution in [3.05, 3.63) is 114 Å². The van der Waals surface area contributed by atoms with E-state index in [1.807, 2.05) is 114 Å². The molecule has 34 heavy (non-hydrogen) atoms. The van der Waals surface area contributed by atoms with E-state index in [1.165, 1.54) is 0 Å². The third-order valence-electron chi connectivity index (χ3n) is 6.04. The maximum absolute atomic E-state index is 13.6. The number of carbonyl (C=O) groups is 1. The molecular weight excluding hydrogens is 420 g/mol. The molecule has 5 rings (SSSR count). The lowest BCUT2D eigenvalue weighted by Gasteiger charge is -2.35. The highest BCUT2D eigenvalue weighted by Gasteiger charge is 2.25. The monoisotopic (exact) mass is 446 g/mol. The Balaban J connectivity index is 1.29. The lowest BCUT2D eigenvalue weighted by Crippen LogP contribution is -2.49. The van der Waals surface area contributed by atoms with Crippen molar-refractivity contribution in [2.75, 3.05) is 31.1 Å². The van der Waals surface area contributed by atoms with E-state index in [0.29, 0.717) is 18.7 Å². The molecular formula is C29H26N4O. The van der Waals surface area contributed by atoms with Gasteiger partial charge in [0.25, 0.3) is 5.91 Å². The summed E-state index contributed by atoms with van der Waals surface area (Å²) >= 11 is 0. The number of hydrogen-bond donors (Lipinski definition) is 0. The van der Waals surface area contributed by atoms with Crippen molar-refractivity contribution >= 4 is 23.4 Å². The first-order chi connectivity index (χ1) is 16.8. The van der Waals surface area contributed by atoms with Gasteiger partial charge in [-0.1, -0.05) is 91.0 Å². The zero-order valence-electron chi connectivity index (χ0n) is 18.9. The van der Waals surface area contributed by atoms with Gasteiger partial charge in [0.05, 0.1) is 5.69 Å². The molecule has 0 unspecified atom stereocenters. The van der Waals surface area contributed by atoms with Gasteiger partial charge in [0.15, 0.2) is 5.82 Å². The summed E-state index contributed by atoms with van der Waals surface area (Å²) in [6.07, 6.45) is 1.98. The molecule has 3 aromatic carbocycles. The van der Waals surface area contributed by atoms with E-state index in [2.05, 4.69) is 15.1 Å². The summed E-state index contributed by atoms with van der Waals surface area (Å²) < 4.78 is 0. The van der Waals surface area contributed by atoms with E-state index >= 15 is 0 Å². The second-order valence-corrected chi connectivity index (χ2v) is 8.26. The van der Waals surface area contributed by atoms with E-state index in [9.17, 15) is 4.79 Å². The first kappa shape index (κ1) is 21.6. The van der Waals surface area contributed by atoms with Crippen LogP contribution in [-0.2, 0) is 4.79 Å². The van der Waals surface area contributed by atoms with Crippen LogP contribution in [0.5, 0.6) is 0 Å². The Labute approximate surface area is 200 Å². The van der Waals surface area contributed by atoms with Crippen LogP contribution in [0.15, 0.2) is 103 Å². The molecule has 4 aromatic rings. The van der Waals surface area contributed by atoms with E-state index in [4.69, 9.17) is 0 Å². The molecule has 1 aliphatic heterocycles. The Morgan fingerprint density at radius 3 is 1.91 bits per heavy atom. The minimum Gasteiger partial charge on any atom is -0.352 e. The molecule has 1 aromatic heterocycles. The van der Waals surface area contributed by atoms with Crippen LogP contribution in [0.4, 0.5) is 5.82 Å². The highest BCUT2D eigenvalue weighted by atomic mass is 16.2. The lowest BCUT2D eigenvalue weighted by atomic mass is 10.0. The SMILES string of the molecule is O=C(/C(=C\c1ccccc1)c1ccccc1)N1CCN(c2ccc(-c3ccccc3)nn2)CC1. The van der Waals surface area contributed by atoms with Crippen molar-refractivity contribution in [3.8, 4) is 11.3 Å². The van der Waals surface area contributed by atoms with Gasteiger partial charge in [0.1, 0.15) is 0 Å². The molecule has 0 bridgehead atoms. The van der Waals surface area contributed by atoms with E-state index in [1.54, 1.807) is 0 Å². The van der Waals surface area contributed by atoms with Crippen LogP contribution >= 0.6 is 0 Å². The molecule has 2 heterocycles. The number of benzene rings is 3. The average molecular weight is 447 g/mol. The summed E-state index contributed by atoms with van der Waals surface area (Å²) in [5.41, 5.74) is 4.57. The van der Waals surface area contributed by atoms with Crippen LogP contribution in [0.1, 0.15) is 11.1 Å². The van der Waals surface area contributed by atoms with Crippen LogP contribution in [0.2, 0.25) is 0 Å². The number of anilines is 1. The largest absolute Gasteiger partial charge is 0.352 e. The highest BCUT2D eigenvalue weighted by molar-refractivity contribution is 6.24. The molecule has 0 aliphatic carbocycles. The predicted octanol–water partition coefficient (Wildman–Crippen LogP) is 5.03. The number of piperazine rings is 1. The maximum Gasteiger partial charge on any atom is 0.254 e.